The first-order valence-electron chi connectivity index (χ1n) is 5.54. The summed E-state index contributed by atoms with van der Waals surface area (Å²) >= 11 is 3.38. The summed E-state index contributed by atoms with van der Waals surface area (Å²) in [6.07, 6.45) is 0.275. The van der Waals surface area contributed by atoms with E-state index in [9.17, 15) is 9.59 Å². The number of H-pyrrole nitrogens is 1. The number of carbonyl (C=O) groups excluding carboxylic acids is 2. The average Bonchev–Trinajstić information content (AvgIpc) is 2.70. The Labute approximate surface area is 116 Å². The highest BCUT2D eigenvalue weighted by molar-refractivity contribution is 9.10. The minimum Gasteiger partial charge on any atom is -0.406 e. The first-order valence-corrected chi connectivity index (χ1v) is 6.33. The van der Waals surface area contributed by atoms with Crippen LogP contribution in [-0.4, -0.2) is 23.3 Å². The number of nitrogens with one attached hydrogen (secondary N) is 2. The van der Waals surface area contributed by atoms with Gasteiger partial charge in [-0.2, -0.15) is 0 Å². The molecule has 1 aliphatic heterocycles. The molecule has 2 N–H and O–H groups in total. The van der Waals surface area contributed by atoms with Crippen molar-refractivity contribution in [3.8, 4) is 0 Å². The molecule has 0 saturated carbocycles. The van der Waals surface area contributed by atoms with Crippen molar-refractivity contribution in [2.24, 2.45) is 0 Å². The Morgan fingerprint density at radius 3 is 2.74 bits per heavy atom. The van der Waals surface area contributed by atoms with E-state index >= 15 is 0 Å². The molecule has 2 heterocycles. The minimum absolute atomic E-state index is 0.350. The number of aromatic nitrogens is 1. The quantitative estimate of drug-likeness (QED) is 0.653. The standard InChI is InChI=1S/C12H9BrN2O4/c13-6-1-2-8-7(3-6)9(5-14-8)15-12-18-10(16)4-11(17)19-12/h1-3,5,12,14-15H,4H2. The molecule has 2 aromatic rings. The number of fused-ring (bicyclic) bond motifs is 1. The fourth-order valence-corrected chi connectivity index (χ4v) is 2.22. The molecule has 19 heavy (non-hydrogen) atoms. The van der Waals surface area contributed by atoms with Crippen LogP contribution in [0.4, 0.5) is 5.69 Å². The number of cyclic esters (lactones) is 2. The van der Waals surface area contributed by atoms with Crippen LogP contribution < -0.4 is 5.32 Å². The van der Waals surface area contributed by atoms with Gasteiger partial charge in [-0.05, 0) is 18.2 Å². The third kappa shape index (κ3) is 2.41. The van der Waals surface area contributed by atoms with Gasteiger partial charge < -0.3 is 19.8 Å². The van der Waals surface area contributed by atoms with Gasteiger partial charge in [0, 0.05) is 21.6 Å². The van der Waals surface area contributed by atoms with E-state index in [0.29, 0.717) is 5.69 Å². The Kier molecular flexibility index (Phi) is 2.90. The molecule has 0 amide bonds. The zero-order valence-corrected chi connectivity index (χ0v) is 11.2. The highest BCUT2D eigenvalue weighted by Crippen LogP contribution is 2.27. The number of hydrogen-bond donors (Lipinski definition) is 2. The molecule has 1 aromatic carbocycles. The number of carbonyl (C=O) groups is 2. The zero-order valence-electron chi connectivity index (χ0n) is 9.60. The molecule has 0 radical (unpaired) electrons. The molecule has 98 valence electrons. The van der Waals surface area contributed by atoms with Gasteiger partial charge in [-0.3, -0.25) is 9.59 Å². The van der Waals surface area contributed by atoms with Gasteiger partial charge in [-0.25, -0.2) is 0 Å². The number of rotatable bonds is 2. The SMILES string of the molecule is O=C1CC(=O)OC(Nc2c[nH]c3ccc(Br)cc23)O1. The number of halogens is 1. The molecule has 0 atom stereocenters. The topological polar surface area (TPSA) is 80.4 Å². The van der Waals surface area contributed by atoms with Gasteiger partial charge in [0.2, 0.25) is 0 Å². The zero-order chi connectivity index (χ0) is 13.4. The first-order chi connectivity index (χ1) is 9.11. The van der Waals surface area contributed by atoms with Crippen molar-refractivity contribution in [2.45, 2.75) is 12.8 Å². The number of ether oxygens (including phenoxy) is 2. The predicted molar refractivity (Wildman–Crippen MR) is 70.2 cm³/mol. The first kappa shape index (κ1) is 12.0. The molecule has 0 aliphatic carbocycles. The number of esters is 2. The molecule has 1 aromatic heterocycles. The van der Waals surface area contributed by atoms with Gasteiger partial charge in [-0.1, -0.05) is 15.9 Å². The number of anilines is 1. The van der Waals surface area contributed by atoms with Crippen molar-refractivity contribution in [2.75, 3.05) is 5.32 Å². The van der Waals surface area contributed by atoms with E-state index in [4.69, 9.17) is 9.47 Å². The lowest BCUT2D eigenvalue weighted by atomic mass is 10.2. The van der Waals surface area contributed by atoms with Gasteiger partial charge >= 0.3 is 18.4 Å². The summed E-state index contributed by atoms with van der Waals surface area (Å²) in [5.74, 6) is -1.20. The molecule has 3 rings (SSSR count). The van der Waals surface area contributed by atoms with Crippen LogP contribution in [0.1, 0.15) is 6.42 Å². The van der Waals surface area contributed by atoms with Crippen molar-refractivity contribution in [3.63, 3.8) is 0 Å². The van der Waals surface area contributed by atoms with Crippen LogP contribution in [0, 0.1) is 0 Å². The summed E-state index contributed by atoms with van der Waals surface area (Å²) in [5.41, 5.74) is 1.60. The Morgan fingerprint density at radius 1 is 1.26 bits per heavy atom. The summed E-state index contributed by atoms with van der Waals surface area (Å²) in [6.45, 7) is 0. The second-order valence-electron chi connectivity index (χ2n) is 4.03. The van der Waals surface area contributed by atoms with Gasteiger partial charge in [-0.15, -0.1) is 0 Å². The summed E-state index contributed by atoms with van der Waals surface area (Å²) in [6, 6.07) is 5.72. The summed E-state index contributed by atoms with van der Waals surface area (Å²) in [7, 11) is 0. The number of hydrogen-bond acceptors (Lipinski definition) is 5. The predicted octanol–water partition coefficient (Wildman–Crippen LogP) is 2.12. The third-order valence-electron chi connectivity index (χ3n) is 2.68. The van der Waals surface area contributed by atoms with E-state index in [0.717, 1.165) is 15.4 Å². The van der Waals surface area contributed by atoms with Crippen LogP contribution in [0.5, 0.6) is 0 Å². The third-order valence-corrected chi connectivity index (χ3v) is 3.18. The van der Waals surface area contributed by atoms with E-state index in [2.05, 4.69) is 26.2 Å². The maximum Gasteiger partial charge on any atom is 0.329 e. The summed E-state index contributed by atoms with van der Waals surface area (Å²) in [4.78, 5) is 25.4. The Hall–Kier alpha value is -2.02. The Morgan fingerprint density at radius 2 is 2.00 bits per heavy atom. The van der Waals surface area contributed by atoms with Gasteiger partial charge in [0.05, 0.1) is 5.69 Å². The Balaban J connectivity index is 1.87. The molecule has 0 unspecified atom stereocenters. The van der Waals surface area contributed by atoms with E-state index in [1.54, 1.807) is 6.20 Å². The average molecular weight is 325 g/mol. The van der Waals surface area contributed by atoms with Gasteiger partial charge in [0.1, 0.15) is 6.42 Å². The summed E-state index contributed by atoms with van der Waals surface area (Å²) < 4.78 is 10.7. The number of benzene rings is 1. The van der Waals surface area contributed by atoms with E-state index < -0.39 is 18.4 Å². The van der Waals surface area contributed by atoms with Crippen molar-refractivity contribution in [1.82, 2.24) is 4.98 Å². The molecule has 1 saturated heterocycles. The second-order valence-corrected chi connectivity index (χ2v) is 4.94. The summed E-state index contributed by atoms with van der Waals surface area (Å²) in [5, 5.41) is 3.75. The molecule has 1 fully saturated rings. The monoisotopic (exact) mass is 324 g/mol. The maximum absolute atomic E-state index is 11.2. The van der Waals surface area contributed by atoms with E-state index in [1.807, 2.05) is 18.2 Å². The van der Waals surface area contributed by atoms with Crippen molar-refractivity contribution < 1.29 is 19.1 Å². The van der Waals surface area contributed by atoms with Crippen LogP contribution in [-0.2, 0) is 19.1 Å². The van der Waals surface area contributed by atoms with Gasteiger partial charge in [0.15, 0.2) is 0 Å². The molecule has 0 spiro atoms. The molecular formula is C12H9BrN2O4. The smallest absolute Gasteiger partial charge is 0.329 e. The van der Waals surface area contributed by atoms with Gasteiger partial charge in [0.25, 0.3) is 0 Å². The second kappa shape index (κ2) is 4.58. The molecule has 7 heteroatoms. The molecular weight excluding hydrogens is 316 g/mol. The van der Waals surface area contributed by atoms with Crippen LogP contribution in [0.3, 0.4) is 0 Å². The fourth-order valence-electron chi connectivity index (χ4n) is 1.86. The highest BCUT2D eigenvalue weighted by atomic mass is 79.9. The van der Waals surface area contributed by atoms with E-state index in [1.165, 1.54) is 0 Å². The molecule has 1 aliphatic rings. The Bertz CT molecular complexity index is 651. The molecule has 0 bridgehead atoms. The maximum atomic E-state index is 11.2. The van der Waals surface area contributed by atoms with Crippen LogP contribution >= 0.6 is 15.9 Å². The van der Waals surface area contributed by atoms with Crippen molar-refractivity contribution >= 4 is 44.5 Å². The lowest BCUT2D eigenvalue weighted by Crippen LogP contribution is -2.37. The van der Waals surface area contributed by atoms with Crippen molar-refractivity contribution in [1.29, 1.82) is 0 Å². The molecule has 6 nitrogen and oxygen atoms in total. The van der Waals surface area contributed by atoms with Crippen LogP contribution in [0.25, 0.3) is 10.9 Å². The van der Waals surface area contributed by atoms with Crippen LogP contribution in [0.2, 0.25) is 0 Å². The normalized spacial score (nSPS) is 16.3. The van der Waals surface area contributed by atoms with Crippen LogP contribution in [0.15, 0.2) is 28.9 Å². The fraction of sp³-hybridized carbons (Fsp3) is 0.167. The lowest BCUT2D eigenvalue weighted by Gasteiger charge is -2.23. The lowest BCUT2D eigenvalue weighted by molar-refractivity contribution is -0.197. The largest absolute Gasteiger partial charge is 0.406 e. The van der Waals surface area contributed by atoms with Crippen molar-refractivity contribution in [3.05, 3.63) is 28.9 Å². The minimum atomic E-state index is -1.09. The number of aromatic amines is 1. The highest BCUT2D eigenvalue weighted by Gasteiger charge is 2.28. The van der Waals surface area contributed by atoms with E-state index in [-0.39, 0.29) is 6.42 Å².